The zero-order valence-corrected chi connectivity index (χ0v) is 24.0. The first-order valence-electron chi connectivity index (χ1n) is 11.9. The van der Waals surface area contributed by atoms with Crippen LogP contribution in [0.3, 0.4) is 0 Å². The molecule has 4 aromatic rings. The highest BCUT2D eigenvalue weighted by Crippen LogP contribution is 2.34. The molecular formula is C28H25Br2N3O5. The van der Waals surface area contributed by atoms with Crippen LogP contribution in [0.5, 0.6) is 11.5 Å². The number of carboxylic acid groups (broad SMARTS) is 1. The normalized spacial score (nSPS) is 11.3. The van der Waals surface area contributed by atoms with Crippen molar-refractivity contribution in [2.75, 3.05) is 7.11 Å². The van der Waals surface area contributed by atoms with Crippen molar-refractivity contribution < 1.29 is 19.4 Å². The lowest BCUT2D eigenvalue weighted by Crippen LogP contribution is -2.22. The van der Waals surface area contributed by atoms with Gasteiger partial charge in [-0.1, -0.05) is 57.3 Å². The fourth-order valence-electron chi connectivity index (χ4n) is 3.87. The van der Waals surface area contributed by atoms with E-state index in [4.69, 9.17) is 14.5 Å². The Morgan fingerprint density at radius 2 is 1.95 bits per heavy atom. The van der Waals surface area contributed by atoms with E-state index in [1.807, 2.05) is 12.1 Å². The number of hydrogen-bond donors (Lipinski definition) is 1. The van der Waals surface area contributed by atoms with Gasteiger partial charge in [-0.25, -0.2) is 9.78 Å². The average molecular weight is 643 g/mol. The molecule has 0 spiro atoms. The number of hydrogen-bond acceptors (Lipinski definition) is 6. The minimum Gasteiger partial charge on any atom is -0.493 e. The van der Waals surface area contributed by atoms with Crippen molar-refractivity contribution in [3.8, 4) is 11.5 Å². The van der Waals surface area contributed by atoms with Crippen LogP contribution in [-0.2, 0) is 13.0 Å². The molecule has 1 aromatic heterocycles. The zero-order valence-electron chi connectivity index (χ0n) is 20.8. The van der Waals surface area contributed by atoms with E-state index in [-0.39, 0.29) is 17.7 Å². The molecule has 3 aromatic carbocycles. The Morgan fingerprint density at radius 3 is 2.68 bits per heavy atom. The molecule has 38 heavy (non-hydrogen) atoms. The Hall–Kier alpha value is -3.50. The van der Waals surface area contributed by atoms with Gasteiger partial charge in [0.2, 0.25) is 0 Å². The lowest BCUT2D eigenvalue weighted by Gasteiger charge is -2.15. The van der Waals surface area contributed by atoms with E-state index in [0.717, 1.165) is 21.8 Å². The van der Waals surface area contributed by atoms with Gasteiger partial charge in [0.05, 0.1) is 29.8 Å². The van der Waals surface area contributed by atoms with Crippen LogP contribution in [0.4, 0.5) is 0 Å². The molecule has 0 aliphatic heterocycles. The number of rotatable bonds is 10. The third-order valence-electron chi connectivity index (χ3n) is 5.77. The van der Waals surface area contributed by atoms with Gasteiger partial charge in [-0.3, -0.25) is 4.79 Å². The van der Waals surface area contributed by atoms with E-state index in [9.17, 15) is 14.7 Å². The SMILES string of the molecule is CCCCc1nc2ccc(Br)cc2c(=O)n1N=Cc1cc(Br)cc(OC)c1OCc1cccc(C(=O)O)c1. The van der Waals surface area contributed by atoms with Crippen LogP contribution in [-0.4, -0.2) is 34.1 Å². The van der Waals surface area contributed by atoms with Crippen LogP contribution in [0.15, 0.2) is 73.4 Å². The summed E-state index contributed by atoms with van der Waals surface area (Å²) in [6, 6.07) is 15.5. The molecule has 0 atom stereocenters. The van der Waals surface area contributed by atoms with Crippen LogP contribution in [0.2, 0.25) is 0 Å². The van der Waals surface area contributed by atoms with Crippen LogP contribution >= 0.6 is 31.9 Å². The summed E-state index contributed by atoms with van der Waals surface area (Å²) in [5, 5.41) is 14.3. The molecule has 196 valence electrons. The van der Waals surface area contributed by atoms with Crippen molar-refractivity contribution in [3.63, 3.8) is 0 Å². The first-order chi connectivity index (χ1) is 18.3. The van der Waals surface area contributed by atoms with Crippen molar-refractivity contribution in [2.45, 2.75) is 32.8 Å². The van der Waals surface area contributed by atoms with Gasteiger partial charge in [0.25, 0.3) is 5.56 Å². The van der Waals surface area contributed by atoms with E-state index >= 15 is 0 Å². The number of aromatic nitrogens is 2. The predicted octanol–water partition coefficient (Wildman–Crippen LogP) is 6.43. The zero-order chi connectivity index (χ0) is 27.2. The quantitative estimate of drug-likeness (QED) is 0.200. The van der Waals surface area contributed by atoms with E-state index < -0.39 is 5.97 Å². The molecule has 0 saturated heterocycles. The first-order valence-corrected chi connectivity index (χ1v) is 13.5. The maximum Gasteiger partial charge on any atom is 0.335 e. The molecule has 0 amide bonds. The number of methoxy groups -OCH3 is 1. The molecule has 0 saturated carbocycles. The van der Waals surface area contributed by atoms with Crippen molar-refractivity contribution >= 4 is 54.9 Å². The molecule has 10 heteroatoms. The Balaban J connectivity index is 1.76. The highest BCUT2D eigenvalue weighted by atomic mass is 79.9. The van der Waals surface area contributed by atoms with Gasteiger partial charge >= 0.3 is 5.97 Å². The van der Waals surface area contributed by atoms with Gasteiger partial charge in [0.1, 0.15) is 12.4 Å². The van der Waals surface area contributed by atoms with Gasteiger partial charge in [-0.2, -0.15) is 9.78 Å². The van der Waals surface area contributed by atoms with Gasteiger partial charge in [0, 0.05) is 20.9 Å². The van der Waals surface area contributed by atoms with E-state index in [0.29, 0.717) is 45.8 Å². The summed E-state index contributed by atoms with van der Waals surface area (Å²) in [6.07, 6.45) is 3.94. The second kappa shape index (κ2) is 12.4. The van der Waals surface area contributed by atoms with Gasteiger partial charge in [-0.05, 0) is 54.4 Å². The molecule has 0 aliphatic rings. The molecule has 0 radical (unpaired) electrons. The number of benzene rings is 3. The number of halogens is 2. The maximum absolute atomic E-state index is 13.4. The number of nitrogens with zero attached hydrogens (tertiary/aromatic N) is 3. The van der Waals surface area contributed by atoms with E-state index in [1.54, 1.807) is 42.6 Å². The number of aromatic carboxylic acids is 1. The van der Waals surface area contributed by atoms with Crippen LogP contribution < -0.4 is 15.0 Å². The summed E-state index contributed by atoms with van der Waals surface area (Å²) in [6.45, 7) is 2.18. The highest BCUT2D eigenvalue weighted by molar-refractivity contribution is 9.10. The van der Waals surface area contributed by atoms with Crippen molar-refractivity contribution in [1.29, 1.82) is 0 Å². The summed E-state index contributed by atoms with van der Waals surface area (Å²) in [5.41, 5.74) is 1.76. The van der Waals surface area contributed by atoms with Gasteiger partial charge < -0.3 is 14.6 Å². The minimum atomic E-state index is -1.01. The summed E-state index contributed by atoms with van der Waals surface area (Å²) in [4.78, 5) is 29.5. The van der Waals surface area contributed by atoms with Crippen molar-refractivity contribution in [2.24, 2.45) is 5.10 Å². The molecule has 8 nitrogen and oxygen atoms in total. The number of aryl methyl sites for hydroxylation is 1. The van der Waals surface area contributed by atoms with Crippen LogP contribution in [0, 0.1) is 0 Å². The summed E-state index contributed by atoms with van der Waals surface area (Å²) in [5.74, 6) is 0.410. The second-order valence-corrected chi connectivity index (χ2v) is 10.3. The fraction of sp³-hybridized carbons (Fsp3) is 0.214. The number of carbonyl (C=O) groups is 1. The standard InChI is InChI=1S/C28H25Br2N3O5/c1-3-4-8-25-32-23-10-9-20(29)13-22(23)27(34)33(25)31-15-19-12-21(30)14-24(37-2)26(19)38-16-17-6-5-7-18(11-17)28(35)36/h5-7,9-15H,3-4,8,16H2,1-2H3,(H,35,36). The third kappa shape index (κ3) is 6.31. The molecule has 0 unspecified atom stereocenters. The molecule has 0 fully saturated rings. The summed E-state index contributed by atoms with van der Waals surface area (Å²) < 4.78 is 14.5. The van der Waals surface area contributed by atoms with Gasteiger partial charge in [-0.15, -0.1) is 0 Å². The molecule has 4 rings (SSSR count). The predicted molar refractivity (Wildman–Crippen MR) is 154 cm³/mol. The Labute approximate surface area is 236 Å². The average Bonchev–Trinajstić information content (AvgIpc) is 2.91. The monoisotopic (exact) mass is 641 g/mol. The van der Waals surface area contributed by atoms with Crippen molar-refractivity contribution in [1.82, 2.24) is 9.66 Å². The maximum atomic E-state index is 13.4. The second-order valence-electron chi connectivity index (χ2n) is 8.48. The largest absolute Gasteiger partial charge is 0.493 e. The fourth-order valence-corrected chi connectivity index (χ4v) is 4.69. The van der Waals surface area contributed by atoms with Crippen molar-refractivity contribution in [3.05, 3.63) is 96.4 Å². The first kappa shape index (κ1) is 27.5. The molecule has 1 heterocycles. The number of unbranched alkanes of at least 4 members (excludes halogenated alkanes) is 1. The molecular weight excluding hydrogens is 618 g/mol. The lowest BCUT2D eigenvalue weighted by atomic mass is 10.1. The number of carboxylic acids is 1. The summed E-state index contributed by atoms with van der Waals surface area (Å²) in [7, 11) is 1.53. The smallest absolute Gasteiger partial charge is 0.335 e. The minimum absolute atomic E-state index is 0.104. The highest BCUT2D eigenvalue weighted by Gasteiger charge is 2.15. The number of fused-ring (bicyclic) bond motifs is 1. The Bertz CT molecular complexity index is 1580. The molecule has 1 N–H and O–H groups in total. The third-order valence-corrected chi connectivity index (χ3v) is 6.72. The topological polar surface area (TPSA) is 103 Å². The molecule has 0 aliphatic carbocycles. The Kier molecular flexibility index (Phi) is 8.96. The van der Waals surface area contributed by atoms with E-state index in [2.05, 4.69) is 43.9 Å². The Morgan fingerprint density at radius 1 is 1.13 bits per heavy atom. The number of ether oxygens (including phenoxy) is 2. The van der Waals surface area contributed by atoms with Crippen LogP contribution in [0.25, 0.3) is 10.9 Å². The summed E-state index contributed by atoms with van der Waals surface area (Å²) >= 11 is 6.92. The molecule has 0 bridgehead atoms. The van der Waals surface area contributed by atoms with Gasteiger partial charge in [0.15, 0.2) is 11.5 Å². The van der Waals surface area contributed by atoms with E-state index in [1.165, 1.54) is 17.9 Å². The van der Waals surface area contributed by atoms with Crippen LogP contribution in [0.1, 0.15) is 47.1 Å². The lowest BCUT2D eigenvalue weighted by molar-refractivity contribution is 0.0696.